The minimum absolute atomic E-state index is 0.0341. The number of alkyl halides is 3. The number of thioether (sulfide) groups is 1. The first-order valence-corrected chi connectivity index (χ1v) is 10.2. The molecule has 0 spiro atoms. The SMILES string of the molecule is COc1ccc(-c2cc(C(F)(F)F)c(C#N)c(SCC(=O)Nc3nccs3)n2)cc1. The van der Waals surface area contributed by atoms with Crippen LogP contribution in [-0.2, 0) is 11.0 Å². The van der Waals surface area contributed by atoms with E-state index in [1.807, 2.05) is 0 Å². The van der Waals surface area contributed by atoms with Crippen molar-refractivity contribution in [1.82, 2.24) is 9.97 Å². The van der Waals surface area contributed by atoms with Crippen LogP contribution in [0.5, 0.6) is 5.75 Å². The van der Waals surface area contributed by atoms with E-state index in [1.165, 1.54) is 24.6 Å². The number of hydrogen-bond donors (Lipinski definition) is 1. The molecule has 1 aromatic carbocycles. The van der Waals surface area contributed by atoms with Gasteiger partial charge < -0.3 is 10.1 Å². The molecule has 3 rings (SSSR count). The van der Waals surface area contributed by atoms with Crippen LogP contribution < -0.4 is 10.1 Å². The smallest absolute Gasteiger partial charge is 0.417 e. The van der Waals surface area contributed by atoms with Crippen LogP contribution in [0.15, 0.2) is 46.9 Å². The Hall–Kier alpha value is -3.10. The van der Waals surface area contributed by atoms with Crippen LogP contribution in [-0.4, -0.2) is 28.7 Å². The molecule has 11 heteroatoms. The zero-order valence-corrected chi connectivity index (χ0v) is 17.0. The quantitative estimate of drug-likeness (QED) is 0.541. The number of halogens is 3. The fourth-order valence-electron chi connectivity index (χ4n) is 2.44. The summed E-state index contributed by atoms with van der Waals surface area (Å²) in [6, 6.07) is 8.73. The van der Waals surface area contributed by atoms with Crippen LogP contribution >= 0.6 is 23.1 Å². The molecule has 0 saturated heterocycles. The summed E-state index contributed by atoms with van der Waals surface area (Å²) in [6.45, 7) is 0. The number of nitriles is 1. The number of nitrogens with one attached hydrogen (secondary N) is 1. The number of pyridine rings is 1. The van der Waals surface area contributed by atoms with Gasteiger partial charge in [-0.2, -0.15) is 18.4 Å². The summed E-state index contributed by atoms with van der Waals surface area (Å²) < 4.78 is 45.8. The van der Waals surface area contributed by atoms with E-state index in [0.717, 1.165) is 17.8 Å². The van der Waals surface area contributed by atoms with Gasteiger partial charge in [-0.15, -0.1) is 11.3 Å². The second-order valence-corrected chi connectivity index (χ2v) is 7.61. The summed E-state index contributed by atoms with van der Waals surface area (Å²) in [6.07, 6.45) is -3.25. The molecular formula is C19H13F3N4O2S2. The predicted octanol–water partition coefficient (Wildman–Crippen LogP) is 4.83. The summed E-state index contributed by atoms with van der Waals surface area (Å²) in [5.41, 5.74) is -1.27. The summed E-state index contributed by atoms with van der Waals surface area (Å²) >= 11 is 1.96. The Bertz CT molecular complexity index is 1080. The molecule has 0 bridgehead atoms. The third-order valence-corrected chi connectivity index (χ3v) is 5.47. The monoisotopic (exact) mass is 450 g/mol. The van der Waals surface area contributed by atoms with Crippen LogP contribution in [0.4, 0.5) is 18.3 Å². The van der Waals surface area contributed by atoms with Gasteiger partial charge in [0.1, 0.15) is 16.8 Å². The standard InChI is InChI=1S/C19H13F3N4O2S2/c1-28-12-4-2-11(3-5-12)15-8-14(19(20,21)22)13(9-23)17(25-15)30-10-16(27)26-18-24-6-7-29-18/h2-8H,10H2,1H3,(H,24,26,27). The third-order valence-electron chi connectivity index (χ3n) is 3.81. The summed E-state index contributed by atoms with van der Waals surface area (Å²) in [5.74, 6) is -0.161. The van der Waals surface area contributed by atoms with Crippen molar-refractivity contribution in [2.24, 2.45) is 0 Å². The predicted molar refractivity (Wildman–Crippen MR) is 107 cm³/mol. The molecule has 0 aliphatic heterocycles. The maximum Gasteiger partial charge on any atom is 0.417 e. The Morgan fingerprint density at radius 2 is 2.07 bits per heavy atom. The molecule has 0 aliphatic rings. The lowest BCUT2D eigenvalue weighted by Crippen LogP contribution is -2.15. The van der Waals surface area contributed by atoms with Crippen molar-refractivity contribution in [1.29, 1.82) is 5.26 Å². The maximum absolute atomic E-state index is 13.6. The van der Waals surface area contributed by atoms with E-state index in [2.05, 4.69) is 15.3 Å². The Labute approximate surface area is 177 Å². The first kappa shape index (κ1) is 21.6. The Morgan fingerprint density at radius 3 is 2.63 bits per heavy atom. The molecular weight excluding hydrogens is 437 g/mol. The van der Waals surface area contributed by atoms with Gasteiger partial charge in [0.25, 0.3) is 0 Å². The highest BCUT2D eigenvalue weighted by Crippen LogP contribution is 2.38. The molecule has 154 valence electrons. The van der Waals surface area contributed by atoms with E-state index in [-0.39, 0.29) is 16.5 Å². The van der Waals surface area contributed by atoms with Crippen LogP contribution in [0.2, 0.25) is 0 Å². The van der Waals surface area contributed by atoms with Crippen LogP contribution in [0.25, 0.3) is 11.3 Å². The van der Waals surface area contributed by atoms with Crippen LogP contribution in [0.3, 0.4) is 0 Å². The number of nitrogens with zero attached hydrogens (tertiary/aromatic N) is 3. The van der Waals surface area contributed by atoms with Crippen molar-refractivity contribution in [3.8, 4) is 23.1 Å². The topological polar surface area (TPSA) is 87.9 Å². The van der Waals surface area contributed by atoms with Gasteiger partial charge in [-0.1, -0.05) is 11.8 Å². The van der Waals surface area contributed by atoms with Gasteiger partial charge in [0, 0.05) is 17.1 Å². The highest BCUT2D eigenvalue weighted by Gasteiger charge is 2.36. The largest absolute Gasteiger partial charge is 0.497 e. The second kappa shape index (κ2) is 9.15. The molecule has 30 heavy (non-hydrogen) atoms. The van der Waals surface area contributed by atoms with Gasteiger partial charge >= 0.3 is 6.18 Å². The number of aromatic nitrogens is 2. The van der Waals surface area contributed by atoms with Crippen molar-refractivity contribution < 1.29 is 22.7 Å². The lowest BCUT2D eigenvalue weighted by molar-refractivity contribution is -0.138. The van der Waals surface area contributed by atoms with E-state index in [1.54, 1.807) is 35.7 Å². The number of carbonyl (C=O) groups is 1. The summed E-state index contributed by atoms with van der Waals surface area (Å²) in [7, 11) is 1.47. The molecule has 0 unspecified atom stereocenters. The Kier molecular flexibility index (Phi) is 6.59. The number of carbonyl (C=O) groups excluding carboxylic acids is 1. The van der Waals surface area contributed by atoms with E-state index in [0.29, 0.717) is 16.4 Å². The lowest BCUT2D eigenvalue weighted by atomic mass is 10.1. The molecule has 0 radical (unpaired) electrons. The van der Waals surface area contributed by atoms with Crippen molar-refractivity contribution in [3.05, 3.63) is 53.0 Å². The number of thiazole rings is 1. The fourth-order valence-corrected chi connectivity index (χ4v) is 3.79. The number of hydrogen-bond acceptors (Lipinski definition) is 7. The average Bonchev–Trinajstić information content (AvgIpc) is 3.24. The number of methoxy groups -OCH3 is 1. The van der Waals surface area contributed by atoms with E-state index < -0.39 is 23.2 Å². The number of anilines is 1. The lowest BCUT2D eigenvalue weighted by Gasteiger charge is -2.14. The molecule has 0 fully saturated rings. The molecule has 0 atom stereocenters. The zero-order valence-electron chi connectivity index (χ0n) is 15.4. The van der Waals surface area contributed by atoms with Gasteiger partial charge in [-0.05, 0) is 30.3 Å². The molecule has 0 saturated carbocycles. The van der Waals surface area contributed by atoms with Crippen molar-refractivity contribution in [3.63, 3.8) is 0 Å². The fraction of sp³-hybridized carbons (Fsp3) is 0.158. The number of amides is 1. The third kappa shape index (κ3) is 5.08. The number of ether oxygens (including phenoxy) is 1. The molecule has 1 amide bonds. The van der Waals surface area contributed by atoms with E-state index in [4.69, 9.17) is 4.74 Å². The van der Waals surface area contributed by atoms with Crippen LogP contribution in [0, 0.1) is 11.3 Å². The van der Waals surface area contributed by atoms with Crippen molar-refractivity contribution in [2.75, 3.05) is 18.2 Å². The van der Waals surface area contributed by atoms with Crippen LogP contribution in [0.1, 0.15) is 11.1 Å². The number of rotatable bonds is 6. The number of benzene rings is 1. The highest BCUT2D eigenvalue weighted by atomic mass is 32.2. The Morgan fingerprint density at radius 1 is 1.33 bits per heavy atom. The van der Waals surface area contributed by atoms with Gasteiger partial charge in [0.2, 0.25) is 5.91 Å². The molecule has 3 aromatic rings. The maximum atomic E-state index is 13.6. The first-order chi connectivity index (χ1) is 14.3. The minimum Gasteiger partial charge on any atom is -0.497 e. The van der Waals surface area contributed by atoms with Crippen molar-refractivity contribution >= 4 is 34.1 Å². The average molecular weight is 450 g/mol. The zero-order chi connectivity index (χ0) is 21.7. The highest BCUT2D eigenvalue weighted by molar-refractivity contribution is 8.00. The van der Waals surface area contributed by atoms with E-state index >= 15 is 0 Å². The van der Waals surface area contributed by atoms with Crippen molar-refractivity contribution in [2.45, 2.75) is 11.2 Å². The molecule has 6 nitrogen and oxygen atoms in total. The molecule has 0 aliphatic carbocycles. The summed E-state index contributed by atoms with van der Waals surface area (Å²) in [4.78, 5) is 20.2. The molecule has 2 aromatic heterocycles. The van der Waals surface area contributed by atoms with Gasteiger partial charge in [0.05, 0.1) is 29.7 Å². The normalized spacial score (nSPS) is 11.0. The van der Waals surface area contributed by atoms with Gasteiger partial charge in [-0.3, -0.25) is 4.79 Å². The second-order valence-electron chi connectivity index (χ2n) is 5.75. The minimum atomic E-state index is -4.76. The molecule has 2 heterocycles. The molecule has 1 N–H and O–H groups in total. The summed E-state index contributed by atoms with van der Waals surface area (Å²) in [5, 5.41) is 13.7. The van der Waals surface area contributed by atoms with Gasteiger partial charge in [0.15, 0.2) is 5.13 Å². The first-order valence-electron chi connectivity index (χ1n) is 8.30. The Balaban J connectivity index is 1.95. The van der Waals surface area contributed by atoms with Gasteiger partial charge in [-0.25, -0.2) is 9.97 Å². The van der Waals surface area contributed by atoms with E-state index in [9.17, 15) is 23.2 Å².